The van der Waals surface area contributed by atoms with Crippen molar-refractivity contribution in [3.8, 4) is 5.75 Å². The zero-order valence-corrected chi connectivity index (χ0v) is 19.2. The van der Waals surface area contributed by atoms with Gasteiger partial charge in [0.25, 0.3) is 11.8 Å². The number of halogens is 6. The maximum absolute atomic E-state index is 12.7. The van der Waals surface area contributed by atoms with Crippen LogP contribution in [0.1, 0.15) is 41.6 Å². The van der Waals surface area contributed by atoms with Crippen LogP contribution in [0.2, 0.25) is 0 Å². The number of benzene rings is 1. The molecule has 14 heteroatoms. The van der Waals surface area contributed by atoms with Crippen molar-refractivity contribution < 1.29 is 45.4 Å². The van der Waals surface area contributed by atoms with Gasteiger partial charge < -0.3 is 15.0 Å². The number of nitrogens with one attached hydrogen (secondary N) is 1. The van der Waals surface area contributed by atoms with Gasteiger partial charge in [-0.15, -0.1) is 13.2 Å². The first-order valence-electron chi connectivity index (χ1n) is 11.5. The van der Waals surface area contributed by atoms with Crippen molar-refractivity contribution in [1.82, 2.24) is 20.0 Å². The van der Waals surface area contributed by atoms with E-state index < -0.39 is 41.6 Å². The van der Waals surface area contributed by atoms with E-state index in [1.165, 1.54) is 11.1 Å². The van der Waals surface area contributed by atoms with Crippen molar-refractivity contribution >= 4 is 11.8 Å². The summed E-state index contributed by atoms with van der Waals surface area (Å²) in [7, 11) is 0. The van der Waals surface area contributed by atoms with E-state index in [4.69, 9.17) is 4.74 Å². The zero-order chi connectivity index (χ0) is 26.6. The van der Waals surface area contributed by atoms with E-state index in [2.05, 4.69) is 15.2 Å². The number of likely N-dealkylation sites (tertiary alicyclic amines) is 1. The molecule has 2 heterocycles. The molecule has 1 aromatic carbocycles. The van der Waals surface area contributed by atoms with Crippen molar-refractivity contribution in [1.29, 1.82) is 0 Å². The number of alkyl halides is 6. The lowest BCUT2D eigenvalue weighted by Crippen LogP contribution is -2.79. The molecule has 8 nitrogen and oxygen atoms in total. The normalized spacial score (nSPS) is 26.9. The van der Waals surface area contributed by atoms with Gasteiger partial charge in [0.05, 0.1) is 29.0 Å². The van der Waals surface area contributed by atoms with Crippen LogP contribution in [0.15, 0.2) is 36.7 Å². The maximum atomic E-state index is 12.7. The van der Waals surface area contributed by atoms with Crippen molar-refractivity contribution in [3.05, 3.63) is 47.8 Å². The third kappa shape index (κ3) is 5.11. The molecule has 3 aliphatic carbocycles. The molecule has 200 valence electrons. The molecular formula is C23H22F6N4O4. The lowest BCUT2D eigenvalue weighted by molar-refractivity contribution is -0.340. The number of ether oxygens (including phenoxy) is 2. The molecule has 0 radical (unpaired) electrons. The quantitative estimate of drug-likeness (QED) is 0.552. The molecule has 1 atom stereocenters. The Morgan fingerprint density at radius 1 is 1.08 bits per heavy atom. The molecule has 0 unspecified atom stereocenters. The monoisotopic (exact) mass is 532 g/mol. The second kappa shape index (κ2) is 8.64. The molecule has 1 saturated heterocycles. The summed E-state index contributed by atoms with van der Waals surface area (Å²) in [5, 5.41) is 7.16. The minimum atomic E-state index is -4.75. The Bertz CT molecular complexity index is 1170. The molecule has 37 heavy (non-hydrogen) atoms. The van der Waals surface area contributed by atoms with Gasteiger partial charge in [0.15, 0.2) is 6.61 Å². The van der Waals surface area contributed by atoms with E-state index in [-0.39, 0.29) is 43.0 Å². The van der Waals surface area contributed by atoms with E-state index >= 15 is 0 Å². The van der Waals surface area contributed by atoms with Gasteiger partial charge in [0, 0.05) is 24.8 Å². The van der Waals surface area contributed by atoms with Gasteiger partial charge in [-0.1, -0.05) is 0 Å². The van der Waals surface area contributed by atoms with Crippen molar-refractivity contribution in [2.45, 2.75) is 55.4 Å². The van der Waals surface area contributed by atoms with Gasteiger partial charge in [-0.2, -0.15) is 18.3 Å². The number of aromatic nitrogens is 2. The minimum Gasteiger partial charge on any atom is -0.484 e. The Labute approximate surface area is 206 Å². The van der Waals surface area contributed by atoms with Crippen LogP contribution in [0.3, 0.4) is 0 Å². The molecular weight excluding hydrogens is 510 g/mol. The Hall–Kier alpha value is -3.29. The zero-order valence-electron chi connectivity index (χ0n) is 19.2. The third-order valence-corrected chi connectivity index (χ3v) is 7.01. The fourth-order valence-electron chi connectivity index (χ4n) is 5.40. The van der Waals surface area contributed by atoms with E-state index in [9.17, 15) is 35.9 Å². The summed E-state index contributed by atoms with van der Waals surface area (Å²) in [4.78, 5) is 26.3. The number of hydrogen-bond donors (Lipinski definition) is 1. The van der Waals surface area contributed by atoms with Crippen LogP contribution in [-0.2, 0) is 21.2 Å². The predicted molar refractivity (Wildman–Crippen MR) is 113 cm³/mol. The summed E-state index contributed by atoms with van der Waals surface area (Å²) in [5.74, 6) is -0.691. The number of amides is 2. The fraction of sp³-hybridized carbons (Fsp3) is 0.522. The highest BCUT2D eigenvalue weighted by Gasteiger charge is 2.70. The smallest absolute Gasteiger partial charge is 0.484 e. The van der Waals surface area contributed by atoms with Crippen molar-refractivity contribution in [3.63, 3.8) is 0 Å². The topological polar surface area (TPSA) is 85.7 Å². The molecule has 1 N–H and O–H groups in total. The van der Waals surface area contributed by atoms with E-state index in [1.54, 1.807) is 10.9 Å². The number of carbonyl (C=O) groups excluding carboxylic acids is 2. The summed E-state index contributed by atoms with van der Waals surface area (Å²) in [6, 6.07) is 4.04. The van der Waals surface area contributed by atoms with E-state index in [0.29, 0.717) is 19.3 Å². The molecule has 3 saturated carbocycles. The average Bonchev–Trinajstić information content (AvgIpc) is 3.42. The van der Waals surface area contributed by atoms with Gasteiger partial charge in [-0.3, -0.25) is 19.0 Å². The Kier molecular flexibility index (Phi) is 5.92. The average molecular weight is 532 g/mol. The number of hydrogen-bond acceptors (Lipinski definition) is 5. The lowest BCUT2D eigenvalue weighted by atomic mass is 9.44. The van der Waals surface area contributed by atoms with E-state index in [1.807, 2.05) is 0 Å². The van der Waals surface area contributed by atoms with Crippen LogP contribution in [0, 0.1) is 0 Å². The third-order valence-electron chi connectivity index (χ3n) is 7.01. The molecule has 0 spiro atoms. The van der Waals surface area contributed by atoms with Crippen LogP contribution in [0.4, 0.5) is 26.3 Å². The largest absolute Gasteiger partial charge is 0.522 e. The summed E-state index contributed by atoms with van der Waals surface area (Å²) in [6.45, 7) is -0.354. The highest BCUT2D eigenvalue weighted by molar-refractivity contribution is 5.94. The Morgan fingerprint density at radius 3 is 2.38 bits per heavy atom. The standard InChI is InChI=1S/C23H22F6N4O4/c24-22(25,26)15-1-3-16(4-2-15)36-10-18(34)31-20-11-21(12-20,13-20)33-8-14(7-30-33)19(35)32-6-5-17(9-32)37-23(27,28)29/h1-4,7-8,17H,5-6,9-13H2,(H,31,34)/t17-,20?,21?/m0/s1. The first-order chi connectivity index (χ1) is 17.3. The molecule has 2 amide bonds. The van der Waals surface area contributed by atoms with Gasteiger partial charge >= 0.3 is 12.5 Å². The molecule has 6 rings (SSSR count). The van der Waals surface area contributed by atoms with Gasteiger partial charge in [0.2, 0.25) is 0 Å². The molecule has 4 aliphatic rings. The van der Waals surface area contributed by atoms with E-state index in [0.717, 1.165) is 24.3 Å². The fourth-order valence-corrected chi connectivity index (χ4v) is 5.40. The Balaban J connectivity index is 1.09. The highest BCUT2D eigenvalue weighted by Crippen LogP contribution is 2.65. The first kappa shape index (κ1) is 25.4. The summed E-state index contributed by atoms with van der Waals surface area (Å²) in [6.07, 6.45) is -5.54. The van der Waals surface area contributed by atoms with Gasteiger partial charge in [0.1, 0.15) is 5.75 Å². The minimum absolute atomic E-state index is 0.0914. The molecule has 4 fully saturated rings. The van der Waals surface area contributed by atoms with Crippen LogP contribution >= 0.6 is 0 Å². The summed E-state index contributed by atoms with van der Waals surface area (Å²) >= 11 is 0. The SMILES string of the molecule is O=C(COc1ccc(C(F)(F)F)cc1)NC12CC(n3cc(C(=O)N4CC[C@H](OC(F)(F)F)C4)cn3)(C1)C2. The second-order valence-corrected chi connectivity index (χ2v) is 9.79. The molecule has 2 bridgehead atoms. The molecule has 1 aliphatic heterocycles. The van der Waals surface area contributed by atoms with Crippen LogP contribution < -0.4 is 10.1 Å². The van der Waals surface area contributed by atoms with Crippen LogP contribution in [0.25, 0.3) is 0 Å². The summed E-state index contributed by atoms with van der Waals surface area (Å²) in [5.41, 5.74) is -1.34. The number of nitrogens with zero attached hydrogens (tertiary/aromatic N) is 3. The predicted octanol–water partition coefficient (Wildman–Crippen LogP) is 3.48. The summed E-state index contributed by atoms with van der Waals surface area (Å²) < 4.78 is 86.1. The van der Waals surface area contributed by atoms with Crippen molar-refractivity contribution in [2.24, 2.45) is 0 Å². The first-order valence-corrected chi connectivity index (χ1v) is 11.5. The van der Waals surface area contributed by atoms with Gasteiger partial charge in [-0.25, -0.2) is 0 Å². The maximum Gasteiger partial charge on any atom is 0.522 e. The second-order valence-electron chi connectivity index (χ2n) is 9.79. The van der Waals surface area contributed by atoms with Crippen molar-refractivity contribution in [2.75, 3.05) is 19.7 Å². The molecule has 2 aromatic rings. The number of rotatable bonds is 7. The number of carbonyl (C=O) groups is 2. The Morgan fingerprint density at radius 2 is 1.76 bits per heavy atom. The lowest BCUT2D eigenvalue weighted by Gasteiger charge is -2.69. The van der Waals surface area contributed by atoms with Crippen LogP contribution in [0.5, 0.6) is 5.75 Å². The highest BCUT2D eigenvalue weighted by atomic mass is 19.4. The molecule has 1 aromatic heterocycles. The van der Waals surface area contributed by atoms with Gasteiger partial charge in [-0.05, 0) is 49.9 Å². The van der Waals surface area contributed by atoms with Crippen LogP contribution in [-0.4, -0.2) is 64.2 Å².